The van der Waals surface area contributed by atoms with Crippen LogP contribution in [0.4, 0.5) is 4.39 Å². The van der Waals surface area contributed by atoms with E-state index in [1.807, 2.05) is 6.92 Å². The van der Waals surface area contributed by atoms with Crippen LogP contribution in [0.2, 0.25) is 0 Å². The zero-order valence-electron chi connectivity index (χ0n) is 10.9. The topological polar surface area (TPSA) is 60.7 Å². The predicted octanol–water partition coefficient (Wildman–Crippen LogP) is 2.25. The Balaban J connectivity index is 2.36. The van der Waals surface area contributed by atoms with E-state index in [1.54, 1.807) is 13.0 Å². The number of hydrogen-bond donors (Lipinski definition) is 0. The summed E-state index contributed by atoms with van der Waals surface area (Å²) >= 11 is 1.31. The third-order valence-corrected chi connectivity index (χ3v) is 4.02. The van der Waals surface area contributed by atoms with Crippen molar-refractivity contribution in [2.45, 2.75) is 20.3 Å². The van der Waals surface area contributed by atoms with Crippen LogP contribution in [0.25, 0.3) is 16.0 Å². The lowest BCUT2D eigenvalue weighted by molar-refractivity contribution is 0.636. The molecule has 5 nitrogen and oxygen atoms in total. The van der Waals surface area contributed by atoms with Gasteiger partial charge in [0.1, 0.15) is 22.0 Å². The Hall–Kier alpha value is -2.15. The van der Waals surface area contributed by atoms with E-state index in [0.29, 0.717) is 16.5 Å². The van der Waals surface area contributed by atoms with Gasteiger partial charge in [-0.05, 0) is 25.5 Å². The van der Waals surface area contributed by atoms with Gasteiger partial charge in [-0.1, -0.05) is 24.3 Å². The molecule has 0 radical (unpaired) electrons. The van der Waals surface area contributed by atoms with Gasteiger partial charge in [0, 0.05) is 0 Å². The van der Waals surface area contributed by atoms with Crippen LogP contribution in [0.1, 0.15) is 17.8 Å². The molecule has 0 bridgehead atoms. The average molecular weight is 290 g/mol. The van der Waals surface area contributed by atoms with Gasteiger partial charge >= 0.3 is 0 Å². The first-order valence-electron chi connectivity index (χ1n) is 6.12. The van der Waals surface area contributed by atoms with Crippen molar-refractivity contribution < 1.29 is 4.39 Å². The van der Waals surface area contributed by atoms with Crippen LogP contribution in [-0.4, -0.2) is 19.7 Å². The second-order valence-electron chi connectivity index (χ2n) is 4.27. The molecule has 0 aliphatic carbocycles. The van der Waals surface area contributed by atoms with Crippen molar-refractivity contribution in [1.82, 2.24) is 19.7 Å². The lowest BCUT2D eigenvalue weighted by Crippen LogP contribution is -2.23. The first-order chi connectivity index (χ1) is 9.61. The van der Waals surface area contributed by atoms with Crippen molar-refractivity contribution in [2.75, 3.05) is 0 Å². The maximum Gasteiger partial charge on any atom is 0.270 e. The summed E-state index contributed by atoms with van der Waals surface area (Å²) in [6.07, 6.45) is 0.737. The lowest BCUT2D eigenvalue weighted by atomic mass is 10.2. The Bertz CT molecular complexity index is 855. The molecule has 2 aromatic heterocycles. The van der Waals surface area contributed by atoms with E-state index in [-0.39, 0.29) is 5.39 Å². The van der Waals surface area contributed by atoms with Crippen LogP contribution in [0.5, 0.6) is 0 Å². The van der Waals surface area contributed by atoms with Crippen LogP contribution in [0, 0.1) is 12.7 Å². The minimum absolute atomic E-state index is 0.0219. The Labute approximate surface area is 117 Å². The molecule has 7 heteroatoms. The molecule has 0 aliphatic rings. The van der Waals surface area contributed by atoms with E-state index in [4.69, 9.17) is 0 Å². The van der Waals surface area contributed by atoms with Gasteiger partial charge in [0.15, 0.2) is 0 Å². The third kappa shape index (κ3) is 1.90. The van der Waals surface area contributed by atoms with Crippen LogP contribution in [0.15, 0.2) is 23.0 Å². The van der Waals surface area contributed by atoms with Crippen LogP contribution in [-0.2, 0) is 6.42 Å². The summed E-state index contributed by atoms with van der Waals surface area (Å²) in [5.41, 5.74) is -0.103. The number of fused-ring (bicyclic) bond motifs is 1. The van der Waals surface area contributed by atoms with E-state index in [1.165, 1.54) is 28.0 Å². The maximum absolute atomic E-state index is 13.9. The molecule has 102 valence electrons. The molecule has 0 saturated heterocycles. The highest BCUT2D eigenvalue weighted by Gasteiger charge is 2.15. The number of rotatable bonds is 2. The van der Waals surface area contributed by atoms with Gasteiger partial charge in [-0.3, -0.25) is 4.79 Å². The van der Waals surface area contributed by atoms with Gasteiger partial charge in [-0.2, -0.15) is 0 Å². The van der Waals surface area contributed by atoms with Gasteiger partial charge in [-0.15, -0.1) is 10.2 Å². The highest BCUT2D eigenvalue weighted by atomic mass is 32.1. The quantitative estimate of drug-likeness (QED) is 0.726. The molecule has 20 heavy (non-hydrogen) atoms. The zero-order chi connectivity index (χ0) is 14.3. The maximum atomic E-state index is 13.9. The van der Waals surface area contributed by atoms with E-state index in [0.717, 1.165) is 11.4 Å². The SMILES string of the molecule is CCc1nnc(-n2c(C)nc3cccc(F)c3c2=O)s1. The Morgan fingerprint density at radius 3 is 2.85 bits per heavy atom. The summed E-state index contributed by atoms with van der Waals surface area (Å²) < 4.78 is 15.2. The fourth-order valence-corrected chi connectivity index (χ4v) is 2.83. The first-order valence-corrected chi connectivity index (χ1v) is 6.94. The average Bonchev–Trinajstić information content (AvgIpc) is 2.87. The van der Waals surface area contributed by atoms with Crippen molar-refractivity contribution in [3.8, 4) is 5.13 Å². The fraction of sp³-hybridized carbons (Fsp3) is 0.231. The summed E-state index contributed by atoms with van der Waals surface area (Å²) in [6, 6.07) is 4.41. The van der Waals surface area contributed by atoms with Crippen LogP contribution in [0.3, 0.4) is 0 Å². The van der Waals surface area contributed by atoms with Crippen molar-refractivity contribution in [2.24, 2.45) is 0 Å². The number of halogens is 1. The van der Waals surface area contributed by atoms with Crippen molar-refractivity contribution in [1.29, 1.82) is 0 Å². The standard InChI is InChI=1S/C13H11FN4OS/c1-3-10-16-17-13(20-10)18-7(2)15-9-6-4-5-8(14)11(9)12(18)19/h4-6H,3H2,1-2H3. The molecule has 0 unspecified atom stereocenters. The number of nitrogens with zero attached hydrogens (tertiary/aromatic N) is 4. The molecule has 0 amide bonds. The number of benzene rings is 1. The molecule has 0 spiro atoms. The van der Waals surface area contributed by atoms with E-state index in [2.05, 4.69) is 15.2 Å². The largest absolute Gasteiger partial charge is 0.270 e. The van der Waals surface area contributed by atoms with Gasteiger partial charge in [-0.25, -0.2) is 13.9 Å². The third-order valence-electron chi connectivity index (χ3n) is 2.96. The Morgan fingerprint density at radius 2 is 2.15 bits per heavy atom. The van der Waals surface area contributed by atoms with E-state index >= 15 is 0 Å². The molecular formula is C13H11FN4OS. The number of aryl methyl sites for hydroxylation is 2. The Morgan fingerprint density at radius 1 is 1.35 bits per heavy atom. The molecule has 0 N–H and O–H groups in total. The van der Waals surface area contributed by atoms with Crippen molar-refractivity contribution in [3.63, 3.8) is 0 Å². The molecule has 0 atom stereocenters. The summed E-state index contributed by atoms with van der Waals surface area (Å²) in [7, 11) is 0. The van der Waals surface area contributed by atoms with Crippen LogP contribution >= 0.6 is 11.3 Å². The smallest absolute Gasteiger partial charge is 0.268 e. The highest BCUT2D eigenvalue weighted by Crippen LogP contribution is 2.18. The van der Waals surface area contributed by atoms with Crippen molar-refractivity contribution in [3.05, 3.63) is 45.2 Å². The predicted molar refractivity (Wildman–Crippen MR) is 74.9 cm³/mol. The molecule has 0 fully saturated rings. The second-order valence-corrected chi connectivity index (χ2v) is 5.31. The monoisotopic (exact) mass is 290 g/mol. The normalized spacial score (nSPS) is 11.2. The van der Waals surface area contributed by atoms with E-state index < -0.39 is 11.4 Å². The van der Waals surface area contributed by atoms with Crippen molar-refractivity contribution >= 4 is 22.2 Å². The van der Waals surface area contributed by atoms with Crippen LogP contribution < -0.4 is 5.56 Å². The summed E-state index contributed by atoms with van der Waals surface area (Å²) in [4.78, 5) is 16.8. The summed E-state index contributed by atoms with van der Waals surface area (Å²) in [5.74, 6) is -0.110. The van der Waals surface area contributed by atoms with E-state index in [9.17, 15) is 9.18 Å². The first kappa shape index (κ1) is 12.9. The molecule has 0 saturated carbocycles. The molecular weight excluding hydrogens is 279 g/mol. The molecule has 2 heterocycles. The Kier molecular flexibility index (Phi) is 3.06. The fourth-order valence-electron chi connectivity index (χ4n) is 2.00. The second kappa shape index (κ2) is 4.75. The zero-order valence-corrected chi connectivity index (χ0v) is 11.7. The number of hydrogen-bond acceptors (Lipinski definition) is 5. The highest BCUT2D eigenvalue weighted by molar-refractivity contribution is 7.13. The summed E-state index contributed by atoms with van der Waals surface area (Å²) in [6.45, 7) is 3.65. The van der Waals surface area contributed by atoms with Gasteiger partial charge < -0.3 is 0 Å². The van der Waals surface area contributed by atoms with Gasteiger partial charge in [0.2, 0.25) is 5.13 Å². The number of aromatic nitrogens is 4. The molecule has 0 aliphatic heterocycles. The minimum atomic E-state index is -0.575. The lowest BCUT2D eigenvalue weighted by Gasteiger charge is -2.07. The summed E-state index contributed by atoms with van der Waals surface area (Å²) in [5, 5.41) is 9.18. The van der Waals surface area contributed by atoms with Gasteiger partial charge in [0.05, 0.1) is 5.52 Å². The van der Waals surface area contributed by atoms with Gasteiger partial charge in [0.25, 0.3) is 5.56 Å². The molecule has 3 aromatic rings. The molecule has 1 aromatic carbocycles. The molecule has 3 rings (SSSR count). The minimum Gasteiger partial charge on any atom is -0.268 e.